The number of nitrogens with zero attached hydrogens (tertiary/aromatic N) is 5. The minimum atomic E-state index is -0.988. The summed E-state index contributed by atoms with van der Waals surface area (Å²) >= 11 is 5.98. The minimum absolute atomic E-state index is 0.188. The number of likely N-dealkylation sites (N-methyl/N-ethyl adjacent to an activating group) is 1. The Morgan fingerprint density at radius 2 is 2.19 bits per heavy atom. The molecule has 0 saturated heterocycles. The quantitative estimate of drug-likeness (QED) is 0.916. The lowest BCUT2D eigenvalue weighted by Gasteiger charge is -2.26. The molecule has 0 fully saturated rings. The number of aromatic nitrogens is 4. The van der Waals surface area contributed by atoms with E-state index in [0.29, 0.717) is 16.3 Å². The van der Waals surface area contributed by atoms with Gasteiger partial charge in [-0.1, -0.05) is 11.6 Å². The summed E-state index contributed by atoms with van der Waals surface area (Å²) in [7, 11) is 1.62. The Hall–Kier alpha value is -1.99. The summed E-state index contributed by atoms with van der Waals surface area (Å²) in [6.07, 6.45) is 1.40. The zero-order chi connectivity index (χ0) is 15.6. The molecule has 0 aliphatic rings. The molecule has 7 nitrogen and oxygen atoms in total. The van der Waals surface area contributed by atoms with E-state index in [-0.39, 0.29) is 12.5 Å². The van der Waals surface area contributed by atoms with Crippen molar-refractivity contribution in [2.45, 2.75) is 19.4 Å². The van der Waals surface area contributed by atoms with E-state index in [1.807, 2.05) is 0 Å². The second-order valence-electron chi connectivity index (χ2n) is 5.39. The number of carbonyl (C=O) groups is 1. The number of hydrogen-bond donors (Lipinski definition) is 1. The van der Waals surface area contributed by atoms with E-state index in [2.05, 4.69) is 15.5 Å². The Kier molecular flexibility index (Phi) is 4.24. The molecule has 21 heavy (non-hydrogen) atoms. The molecular formula is C13H16ClN5O2. The maximum absolute atomic E-state index is 12.6. The standard InChI is InChI=1S/C13H16ClN5O2/c1-13(2,21)7-18(3)12(20)10-6-9(14)4-5-11(10)19-8-15-16-17-19/h4-6,8,21H,7H2,1-3H3. The van der Waals surface area contributed by atoms with Gasteiger partial charge in [-0.2, -0.15) is 4.68 Å². The van der Waals surface area contributed by atoms with Crippen molar-refractivity contribution < 1.29 is 9.90 Å². The lowest BCUT2D eigenvalue weighted by atomic mass is 10.1. The molecule has 2 rings (SSSR count). The van der Waals surface area contributed by atoms with Crippen LogP contribution in [-0.2, 0) is 0 Å². The van der Waals surface area contributed by atoms with Gasteiger partial charge in [-0.15, -0.1) is 5.10 Å². The molecule has 0 aliphatic heterocycles. The van der Waals surface area contributed by atoms with Crippen LogP contribution in [0.25, 0.3) is 5.69 Å². The SMILES string of the molecule is CN(CC(C)(C)O)C(=O)c1cc(Cl)ccc1-n1cnnn1. The number of carbonyl (C=O) groups excluding carboxylic acids is 1. The van der Waals surface area contributed by atoms with Crippen molar-refractivity contribution >= 4 is 17.5 Å². The highest BCUT2D eigenvalue weighted by atomic mass is 35.5. The number of hydrogen-bond acceptors (Lipinski definition) is 5. The first kappa shape index (κ1) is 15.4. The van der Waals surface area contributed by atoms with E-state index in [0.717, 1.165) is 0 Å². The van der Waals surface area contributed by atoms with E-state index < -0.39 is 5.60 Å². The summed E-state index contributed by atoms with van der Waals surface area (Å²) in [5.41, 5.74) is -0.101. The molecular weight excluding hydrogens is 294 g/mol. The minimum Gasteiger partial charge on any atom is -0.389 e. The number of benzene rings is 1. The molecule has 1 N–H and O–H groups in total. The third kappa shape index (κ3) is 3.77. The first-order chi connectivity index (χ1) is 9.78. The second kappa shape index (κ2) is 5.79. The fourth-order valence-electron chi connectivity index (χ4n) is 2.01. The maximum atomic E-state index is 12.6. The summed E-state index contributed by atoms with van der Waals surface area (Å²) in [6, 6.07) is 4.89. The first-order valence-corrected chi connectivity index (χ1v) is 6.66. The summed E-state index contributed by atoms with van der Waals surface area (Å²) in [6.45, 7) is 3.46. The smallest absolute Gasteiger partial charge is 0.255 e. The Morgan fingerprint density at radius 1 is 1.48 bits per heavy atom. The van der Waals surface area contributed by atoms with Crippen LogP contribution in [0.2, 0.25) is 5.02 Å². The van der Waals surface area contributed by atoms with Gasteiger partial charge < -0.3 is 10.0 Å². The summed E-state index contributed by atoms with van der Waals surface area (Å²) < 4.78 is 1.39. The van der Waals surface area contributed by atoms with Crippen LogP contribution in [0.5, 0.6) is 0 Å². The van der Waals surface area contributed by atoms with Crippen LogP contribution in [0.15, 0.2) is 24.5 Å². The molecule has 0 spiro atoms. The topological polar surface area (TPSA) is 84.1 Å². The van der Waals surface area contributed by atoms with Gasteiger partial charge in [-0.05, 0) is 42.5 Å². The monoisotopic (exact) mass is 309 g/mol. The Morgan fingerprint density at radius 3 is 2.76 bits per heavy atom. The molecule has 8 heteroatoms. The van der Waals surface area contributed by atoms with Crippen molar-refractivity contribution in [1.29, 1.82) is 0 Å². The Bertz CT molecular complexity index is 637. The highest BCUT2D eigenvalue weighted by Gasteiger charge is 2.23. The summed E-state index contributed by atoms with van der Waals surface area (Å²) in [5, 5.41) is 21.2. The van der Waals surface area contributed by atoms with Crippen molar-refractivity contribution in [2.24, 2.45) is 0 Å². The second-order valence-corrected chi connectivity index (χ2v) is 5.83. The van der Waals surface area contributed by atoms with Gasteiger partial charge in [0.25, 0.3) is 5.91 Å². The highest BCUT2D eigenvalue weighted by Crippen LogP contribution is 2.21. The molecule has 0 radical (unpaired) electrons. The van der Waals surface area contributed by atoms with Gasteiger partial charge in [-0.3, -0.25) is 4.79 Å². The predicted octanol–water partition coefficient (Wildman–Crippen LogP) is 1.16. The average Bonchev–Trinajstić information content (AvgIpc) is 2.89. The van der Waals surface area contributed by atoms with Crippen LogP contribution in [0.4, 0.5) is 0 Å². The predicted molar refractivity (Wildman–Crippen MR) is 77.4 cm³/mol. The number of tetrazole rings is 1. The van der Waals surface area contributed by atoms with E-state index in [9.17, 15) is 9.90 Å². The van der Waals surface area contributed by atoms with Crippen LogP contribution in [0.1, 0.15) is 24.2 Å². The molecule has 112 valence electrons. The van der Waals surface area contributed by atoms with Crippen LogP contribution in [0.3, 0.4) is 0 Å². The molecule has 1 aromatic carbocycles. The van der Waals surface area contributed by atoms with Gasteiger partial charge in [0, 0.05) is 18.6 Å². The van der Waals surface area contributed by atoms with Crippen LogP contribution < -0.4 is 0 Å². The Labute approximate surface area is 127 Å². The highest BCUT2D eigenvalue weighted by molar-refractivity contribution is 6.31. The van der Waals surface area contributed by atoms with Crippen molar-refractivity contribution in [3.05, 3.63) is 35.1 Å². The molecule has 1 amide bonds. The van der Waals surface area contributed by atoms with Crippen molar-refractivity contribution in [3.8, 4) is 5.69 Å². The van der Waals surface area contributed by atoms with Gasteiger partial charge in [0.15, 0.2) is 0 Å². The third-order valence-corrected chi connectivity index (χ3v) is 2.99. The van der Waals surface area contributed by atoms with Gasteiger partial charge >= 0.3 is 0 Å². The first-order valence-electron chi connectivity index (χ1n) is 6.29. The van der Waals surface area contributed by atoms with Gasteiger partial charge in [-0.25, -0.2) is 0 Å². The lowest BCUT2D eigenvalue weighted by Crippen LogP contribution is -2.40. The van der Waals surface area contributed by atoms with Gasteiger partial charge in [0.2, 0.25) is 0 Å². The van der Waals surface area contributed by atoms with Gasteiger partial charge in [0.05, 0.1) is 16.9 Å². The molecule has 1 aromatic heterocycles. The van der Waals surface area contributed by atoms with Crippen LogP contribution >= 0.6 is 11.6 Å². The van der Waals surface area contributed by atoms with Crippen molar-refractivity contribution in [3.63, 3.8) is 0 Å². The molecule has 2 aromatic rings. The average molecular weight is 310 g/mol. The zero-order valence-corrected chi connectivity index (χ0v) is 12.7. The summed E-state index contributed by atoms with van der Waals surface area (Å²) in [5.74, 6) is -0.273. The zero-order valence-electron chi connectivity index (χ0n) is 12.0. The molecule has 0 aliphatic carbocycles. The fourth-order valence-corrected chi connectivity index (χ4v) is 2.18. The van der Waals surface area contributed by atoms with E-state index in [1.54, 1.807) is 39.1 Å². The summed E-state index contributed by atoms with van der Waals surface area (Å²) in [4.78, 5) is 14.0. The largest absolute Gasteiger partial charge is 0.389 e. The molecule has 0 saturated carbocycles. The van der Waals surface area contributed by atoms with Crippen LogP contribution in [-0.4, -0.2) is 55.3 Å². The van der Waals surface area contributed by atoms with E-state index in [4.69, 9.17) is 11.6 Å². The maximum Gasteiger partial charge on any atom is 0.255 e. The number of aliphatic hydroxyl groups is 1. The number of rotatable bonds is 4. The lowest BCUT2D eigenvalue weighted by molar-refractivity contribution is 0.0368. The van der Waals surface area contributed by atoms with E-state index >= 15 is 0 Å². The molecule has 0 unspecified atom stereocenters. The fraction of sp³-hybridized carbons (Fsp3) is 0.385. The number of amides is 1. The molecule has 0 bridgehead atoms. The van der Waals surface area contributed by atoms with Crippen LogP contribution in [0, 0.1) is 0 Å². The molecule has 1 heterocycles. The van der Waals surface area contributed by atoms with Crippen molar-refractivity contribution in [1.82, 2.24) is 25.1 Å². The third-order valence-electron chi connectivity index (χ3n) is 2.76. The van der Waals surface area contributed by atoms with E-state index in [1.165, 1.54) is 15.9 Å². The molecule has 0 atom stereocenters. The number of halogens is 1. The van der Waals surface area contributed by atoms with Gasteiger partial charge in [0.1, 0.15) is 6.33 Å². The normalized spacial score (nSPS) is 11.5. The Balaban J connectivity index is 2.38. The van der Waals surface area contributed by atoms with Crippen molar-refractivity contribution in [2.75, 3.05) is 13.6 Å².